The van der Waals surface area contributed by atoms with E-state index in [-0.39, 0.29) is 17.8 Å². The number of hydrogen-bond acceptors (Lipinski definition) is 4. The summed E-state index contributed by atoms with van der Waals surface area (Å²) in [6.45, 7) is 6.65. The van der Waals surface area contributed by atoms with Gasteiger partial charge in [0.05, 0.1) is 11.6 Å². The van der Waals surface area contributed by atoms with Crippen molar-refractivity contribution in [2.75, 3.05) is 13.1 Å². The van der Waals surface area contributed by atoms with Crippen molar-refractivity contribution < 1.29 is 13.9 Å². The second-order valence-electron chi connectivity index (χ2n) is 8.46. The topological polar surface area (TPSA) is 60.2 Å². The Labute approximate surface area is 197 Å². The summed E-state index contributed by atoms with van der Waals surface area (Å²) >= 11 is 0. The summed E-state index contributed by atoms with van der Waals surface area (Å²) in [5, 5.41) is 5.91. The normalized spacial score (nSPS) is 15.9. The minimum atomic E-state index is -0.297. The molecule has 3 heterocycles. The SMILES string of the molecule is C=CC(=O)N1CCC[C@@H](n2nc(-c3ccc(Oc4cccc(F)c4C)cc3)c3cnccc32)C1. The lowest BCUT2D eigenvalue weighted by Crippen LogP contribution is -2.40. The highest BCUT2D eigenvalue weighted by Crippen LogP contribution is 2.34. The van der Waals surface area contributed by atoms with Gasteiger partial charge >= 0.3 is 0 Å². The molecule has 1 amide bonds. The predicted molar refractivity (Wildman–Crippen MR) is 129 cm³/mol. The number of piperidine rings is 1. The third kappa shape index (κ3) is 4.05. The average Bonchev–Trinajstić information content (AvgIpc) is 3.27. The molecule has 6 nitrogen and oxygen atoms in total. The summed E-state index contributed by atoms with van der Waals surface area (Å²) in [6, 6.07) is 14.4. The maximum Gasteiger partial charge on any atom is 0.246 e. The molecule has 0 radical (unpaired) electrons. The Kier molecular flexibility index (Phi) is 5.84. The number of hydrogen-bond donors (Lipinski definition) is 0. The Hall–Kier alpha value is -4.00. The number of halogens is 1. The lowest BCUT2D eigenvalue weighted by atomic mass is 10.1. The molecular weight excluding hydrogens is 431 g/mol. The molecule has 172 valence electrons. The monoisotopic (exact) mass is 456 g/mol. The molecule has 1 saturated heterocycles. The van der Waals surface area contributed by atoms with Crippen LogP contribution >= 0.6 is 0 Å². The fourth-order valence-electron chi connectivity index (χ4n) is 4.47. The number of likely N-dealkylation sites (tertiary alicyclic amines) is 1. The maximum absolute atomic E-state index is 13.8. The summed E-state index contributed by atoms with van der Waals surface area (Å²) in [4.78, 5) is 18.3. The van der Waals surface area contributed by atoms with E-state index in [1.165, 1.54) is 12.1 Å². The summed E-state index contributed by atoms with van der Waals surface area (Å²) in [5.74, 6) is 0.759. The van der Waals surface area contributed by atoms with Crippen molar-refractivity contribution in [1.29, 1.82) is 0 Å². The number of rotatable bonds is 5. The molecule has 1 aliphatic rings. The number of fused-ring (bicyclic) bond motifs is 1. The van der Waals surface area contributed by atoms with Crippen LogP contribution in [0.5, 0.6) is 11.5 Å². The van der Waals surface area contributed by atoms with Gasteiger partial charge in [0, 0.05) is 42.0 Å². The van der Waals surface area contributed by atoms with Gasteiger partial charge in [-0.15, -0.1) is 0 Å². The molecule has 2 aromatic heterocycles. The van der Waals surface area contributed by atoms with Crippen molar-refractivity contribution in [3.63, 3.8) is 0 Å². The van der Waals surface area contributed by atoms with Gasteiger partial charge in [0.2, 0.25) is 5.91 Å². The first-order valence-corrected chi connectivity index (χ1v) is 11.3. The molecule has 2 aromatic carbocycles. The number of ether oxygens (including phenoxy) is 1. The van der Waals surface area contributed by atoms with Gasteiger partial charge in [0.15, 0.2) is 0 Å². The van der Waals surface area contributed by atoms with Gasteiger partial charge in [-0.1, -0.05) is 12.6 Å². The van der Waals surface area contributed by atoms with Gasteiger partial charge in [0.25, 0.3) is 0 Å². The Morgan fingerprint density at radius 2 is 2.03 bits per heavy atom. The molecule has 0 unspecified atom stereocenters. The molecule has 4 aromatic rings. The maximum atomic E-state index is 13.8. The molecule has 1 aliphatic heterocycles. The third-order valence-corrected chi connectivity index (χ3v) is 6.31. The fourth-order valence-corrected chi connectivity index (χ4v) is 4.47. The van der Waals surface area contributed by atoms with Crippen molar-refractivity contribution >= 4 is 16.8 Å². The van der Waals surface area contributed by atoms with E-state index in [2.05, 4.69) is 11.6 Å². The lowest BCUT2D eigenvalue weighted by molar-refractivity contribution is -0.127. The first kappa shape index (κ1) is 21.8. The van der Waals surface area contributed by atoms with Crippen molar-refractivity contribution in [2.45, 2.75) is 25.8 Å². The molecule has 0 bridgehead atoms. The number of carbonyl (C=O) groups is 1. The van der Waals surface area contributed by atoms with Crippen LogP contribution in [0.1, 0.15) is 24.4 Å². The number of amides is 1. The van der Waals surface area contributed by atoms with Crippen LogP contribution in [0.15, 0.2) is 73.6 Å². The first-order valence-electron chi connectivity index (χ1n) is 11.3. The van der Waals surface area contributed by atoms with Gasteiger partial charge < -0.3 is 9.64 Å². The second-order valence-corrected chi connectivity index (χ2v) is 8.46. The number of aromatic nitrogens is 3. The third-order valence-electron chi connectivity index (χ3n) is 6.31. The standard InChI is InChI=1S/C27H25FN4O2/c1-3-26(33)31-15-5-6-20(17-31)32-24-13-14-29-16-22(24)27(30-32)19-9-11-21(12-10-19)34-25-8-4-7-23(28)18(25)2/h3-4,7-14,16,20H,1,5-6,15,17H2,2H3/t20-/m1/s1. The van der Waals surface area contributed by atoms with Crippen LogP contribution in [-0.4, -0.2) is 38.7 Å². The van der Waals surface area contributed by atoms with Gasteiger partial charge in [-0.2, -0.15) is 5.10 Å². The van der Waals surface area contributed by atoms with Crippen LogP contribution in [0.4, 0.5) is 4.39 Å². The Morgan fingerprint density at radius 3 is 2.82 bits per heavy atom. The van der Waals surface area contributed by atoms with E-state index in [1.807, 2.05) is 46.1 Å². The fraction of sp³-hybridized carbons (Fsp3) is 0.222. The van der Waals surface area contributed by atoms with Gasteiger partial charge in [0.1, 0.15) is 23.0 Å². The molecule has 1 fully saturated rings. The molecule has 0 aliphatic carbocycles. The zero-order valence-corrected chi connectivity index (χ0v) is 18.9. The molecular formula is C27H25FN4O2. The molecule has 7 heteroatoms. The molecule has 5 rings (SSSR count). The van der Waals surface area contributed by atoms with Crippen molar-refractivity contribution in [3.8, 4) is 22.8 Å². The van der Waals surface area contributed by atoms with E-state index in [0.29, 0.717) is 23.6 Å². The van der Waals surface area contributed by atoms with E-state index in [1.54, 1.807) is 25.3 Å². The average molecular weight is 457 g/mol. The predicted octanol–water partition coefficient (Wildman–Crippen LogP) is 5.69. The Bertz CT molecular complexity index is 1360. The number of carbonyl (C=O) groups excluding carboxylic acids is 1. The lowest BCUT2D eigenvalue weighted by Gasteiger charge is -2.32. The van der Waals surface area contributed by atoms with Crippen molar-refractivity contribution in [3.05, 3.63) is 85.0 Å². The van der Waals surface area contributed by atoms with Crippen molar-refractivity contribution in [1.82, 2.24) is 19.7 Å². The highest BCUT2D eigenvalue weighted by atomic mass is 19.1. The highest BCUT2D eigenvalue weighted by Gasteiger charge is 2.26. The highest BCUT2D eigenvalue weighted by molar-refractivity contribution is 5.93. The van der Waals surface area contributed by atoms with Crippen LogP contribution in [0, 0.1) is 12.7 Å². The quantitative estimate of drug-likeness (QED) is 0.362. The number of pyridine rings is 1. The molecule has 0 saturated carbocycles. The first-order chi connectivity index (χ1) is 16.5. The Morgan fingerprint density at radius 1 is 1.21 bits per heavy atom. The van der Waals surface area contributed by atoms with E-state index >= 15 is 0 Å². The largest absolute Gasteiger partial charge is 0.457 e. The van der Waals surface area contributed by atoms with Crippen molar-refractivity contribution in [2.24, 2.45) is 0 Å². The zero-order valence-electron chi connectivity index (χ0n) is 18.9. The number of nitrogens with zero attached hydrogens (tertiary/aromatic N) is 4. The van der Waals surface area contributed by atoms with Crippen LogP contribution in [0.25, 0.3) is 22.2 Å². The van der Waals surface area contributed by atoms with Gasteiger partial charge in [-0.25, -0.2) is 4.39 Å². The van der Waals surface area contributed by atoms with Gasteiger partial charge in [-0.05, 0) is 68.3 Å². The van der Waals surface area contributed by atoms with Gasteiger partial charge in [-0.3, -0.25) is 14.5 Å². The Balaban J connectivity index is 1.46. The molecule has 34 heavy (non-hydrogen) atoms. The summed E-state index contributed by atoms with van der Waals surface area (Å²) < 4.78 is 21.8. The number of benzene rings is 2. The zero-order chi connectivity index (χ0) is 23.7. The van der Waals surface area contributed by atoms with E-state index in [0.717, 1.165) is 41.5 Å². The van der Waals surface area contributed by atoms with E-state index in [9.17, 15) is 9.18 Å². The minimum absolute atomic E-state index is 0.0489. The molecule has 1 atom stereocenters. The molecule has 0 spiro atoms. The van der Waals surface area contributed by atoms with Crippen LogP contribution in [0.3, 0.4) is 0 Å². The van der Waals surface area contributed by atoms with Crippen LogP contribution in [0.2, 0.25) is 0 Å². The second kappa shape index (κ2) is 9.09. The van der Waals surface area contributed by atoms with E-state index in [4.69, 9.17) is 9.84 Å². The summed E-state index contributed by atoms with van der Waals surface area (Å²) in [5.41, 5.74) is 3.20. The van der Waals surface area contributed by atoms with E-state index < -0.39 is 0 Å². The minimum Gasteiger partial charge on any atom is -0.457 e. The van der Waals surface area contributed by atoms with Crippen LogP contribution in [-0.2, 0) is 4.79 Å². The summed E-state index contributed by atoms with van der Waals surface area (Å²) in [7, 11) is 0. The summed E-state index contributed by atoms with van der Waals surface area (Å²) in [6.07, 6.45) is 6.81. The molecule has 0 N–H and O–H groups in total. The smallest absolute Gasteiger partial charge is 0.246 e. The van der Waals surface area contributed by atoms with Crippen LogP contribution < -0.4 is 4.74 Å².